The summed E-state index contributed by atoms with van der Waals surface area (Å²) in [7, 11) is 1.98. The first kappa shape index (κ1) is 10.3. The zero-order valence-corrected chi connectivity index (χ0v) is 10.3. The van der Waals surface area contributed by atoms with E-state index in [-0.39, 0.29) is 0 Å². The highest BCUT2D eigenvalue weighted by Gasteiger charge is 2.11. The van der Waals surface area contributed by atoms with E-state index in [1.807, 2.05) is 42.5 Å². The van der Waals surface area contributed by atoms with E-state index in [9.17, 15) is 0 Å². The molecule has 0 bridgehead atoms. The fraction of sp³-hybridized carbons (Fsp3) is 0.0714. The highest BCUT2D eigenvalue weighted by atomic mass is 15.2. The molecule has 0 amide bonds. The van der Waals surface area contributed by atoms with Gasteiger partial charge in [-0.1, -0.05) is 0 Å². The third kappa shape index (κ3) is 1.45. The van der Waals surface area contributed by atoms with Crippen LogP contribution in [0.1, 0.15) is 0 Å². The minimum Gasteiger partial charge on any atom is -0.305 e. The summed E-state index contributed by atoms with van der Waals surface area (Å²) >= 11 is 0. The molecular weight excluding hydrogens is 238 g/mol. The molecule has 19 heavy (non-hydrogen) atoms. The highest BCUT2D eigenvalue weighted by Crippen LogP contribution is 2.27. The lowest BCUT2D eigenvalue weighted by Gasteiger charge is -1.95. The van der Waals surface area contributed by atoms with Crippen LogP contribution >= 0.6 is 0 Å². The third-order valence-electron chi connectivity index (χ3n) is 3.31. The van der Waals surface area contributed by atoms with Crippen LogP contribution in [0.15, 0.2) is 43.0 Å². The predicted octanol–water partition coefficient (Wildman–Crippen LogP) is 2.51. The smallest absolute Gasteiger partial charge is 0.162 e. The molecule has 5 heteroatoms. The standard InChI is InChI=1S/C14H11N5/c1-19-13-10(8-17-19)7-16-14-11(13)5-12(18-14)9-3-2-4-15-6-9/h2-8,17H,1H3. The Labute approximate surface area is 108 Å². The summed E-state index contributed by atoms with van der Waals surface area (Å²) in [6.07, 6.45) is 7.36. The van der Waals surface area contributed by atoms with Crippen LogP contribution in [0, 0.1) is 0 Å². The van der Waals surface area contributed by atoms with Crippen molar-refractivity contribution >= 4 is 21.9 Å². The topological polar surface area (TPSA) is 59.4 Å². The van der Waals surface area contributed by atoms with Crippen LogP contribution in [0.2, 0.25) is 0 Å². The van der Waals surface area contributed by atoms with Gasteiger partial charge < -0.3 is 5.10 Å². The molecule has 0 aromatic carbocycles. The largest absolute Gasteiger partial charge is 0.305 e. The molecule has 0 saturated carbocycles. The minimum atomic E-state index is 0.765. The van der Waals surface area contributed by atoms with Gasteiger partial charge in [-0.2, -0.15) is 0 Å². The highest BCUT2D eigenvalue weighted by molar-refractivity contribution is 6.04. The van der Waals surface area contributed by atoms with Crippen molar-refractivity contribution in [1.29, 1.82) is 0 Å². The number of rotatable bonds is 1. The number of aromatic nitrogens is 5. The van der Waals surface area contributed by atoms with E-state index in [1.54, 1.807) is 6.20 Å². The van der Waals surface area contributed by atoms with Gasteiger partial charge in [-0.15, -0.1) is 0 Å². The van der Waals surface area contributed by atoms with Crippen molar-refractivity contribution in [3.05, 3.63) is 43.0 Å². The second-order valence-corrected chi connectivity index (χ2v) is 4.51. The molecule has 0 aliphatic rings. The van der Waals surface area contributed by atoms with Crippen molar-refractivity contribution in [3.8, 4) is 11.3 Å². The molecule has 92 valence electrons. The zero-order valence-electron chi connectivity index (χ0n) is 10.3. The molecule has 0 fully saturated rings. The van der Waals surface area contributed by atoms with Crippen LogP contribution in [0.5, 0.6) is 0 Å². The first-order chi connectivity index (χ1) is 9.33. The van der Waals surface area contributed by atoms with E-state index in [4.69, 9.17) is 0 Å². The number of nitrogens with one attached hydrogen (secondary N) is 1. The van der Waals surface area contributed by atoms with Gasteiger partial charge in [-0.25, -0.2) is 9.97 Å². The summed E-state index contributed by atoms with van der Waals surface area (Å²) in [4.78, 5) is 13.1. The Balaban J connectivity index is 2.06. The Hall–Kier alpha value is -2.69. The fourth-order valence-corrected chi connectivity index (χ4v) is 2.40. The maximum Gasteiger partial charge on any atom is 0.162 e. The lowest BCUT2D eigenvalue weighted by atomic mass is 10.2. The normalized spacial score (nSPS) is 11.4. The Morgan fingerprint density at radius 3 is 3.05 bits per heavy atom. The number of aromatic amines is 1. The average Bonchev–Trinajstić information content (AvgIpc) is 3.03. The average molecular weight is 249 g/mol. The van der Waals surface area contributed by atoms with Gasteiger partial charge in [0.25, 0.3) is 0 Å². The molecule has 0 radical (unpaired) electrons. The molecule has 4 heterocycles. The van der Waals surface area contributed by atoms with Crippen LogP contribution in [-0.4, -0.2) is 24.7 Å². The first-order valence-electron chi connectivity index (χ1n) is 6.03. The number of pyridine rings is 2. The monoisotopic (exact) mass is 249 g/mol. The number of aryl methyl sites for hydroxylation is 1. The zero-order chi connectivity index (χ0) is 12.8. The molecule has 0 unspecified atom stereocenters. The van der Waals surface area contributed by atoms with Crippen LogP contribution < -0.4 is 0 Å². The van der Waals surface area contributed by atoms with Gasteiger partial charge in [0.2, 0.25) is 0 Å². The van der Waals surface area contributed by atoms with Crippen LogP contribution in [-0.2, 0) is 7.05 Å². The van der Waals surface area contributed by atoms with Gasteiger partial charge in [-0.3, -0.25) is 9.67 Å². The molecule has 4 aromatic heterocycles. The summed E-state index contributed by atoms with van der Waals surface area (Å²) in [5.74, 6) is 0. The Morgan fingerprint density at radius 2 is 2.21 bits per heavy atom. The Morgan fingerprint density at radius 1 is 1.26 bits per heavy atom. The maximum atomic E-state index is 4.58. The van der Waals surface area contributed by atoms with Crippen LogP contribution in [0.25, 0.3) is 33.2 Å². The van der Waals surface area contributed by atoms with Crippen molar-refractivity contribution in [1.82, 2.24) is 24.7 Å². The van der Waals surface area contributed by atoms with Gasteiger partial charge in [-0.05, 0) is 18.2 Å². The summed E-state index contributed by atoms with van der Waals surface area (Å²) in [5, 5.41) is 5.29. The molecule has 0 spiro atoms. The number of fused-ring (bicyclic) bond motifs is 3. The minimum absolute atomic E-state index is 0.765. The molecule has 0 aliphatic carbocycles. The van der Waals surface area contributed by atoms with Gasteiger partial charge in [0.1, 0.15) is 0 Å². The van der Waals surface area contributed by atoms with E-state index in [0.29, 0.717) is 0 Å². The Kier molecular flexibility index (Phi) is 1.97. The number of hydrogen-bond donors (Lipinski definition) is 1. The van der Waals surface area contributed by atoms with Gasteiger partial charge in [0, 0.05) is 48.2 Å². The van der Waals surface area contributed by atoms with Crippen LogP contribution in [0.3, 0.4) is 0 Å². The van der Waals surface area contributed by atoms with E-state index >= 15 is 0 Å². The third-order valence-corrected chi connectivity index (χ3v) is 3.31. The molecule has 5 nitrogen and oxygen atoms in total. The van der Waals surface area contributed by atoms with E-state index in [2.05, 4.69) is 26.1 Å². The SMILES string of the molecule is Cn1[nH]cc2cnc3nc(-c4cccnc4)cc3c21. The molecular formula is C14H11N5. The quantitative estimate of drug-likeness (QED) is 0.564. The Bertz CT molecular complexity index is 873. The lowest BCUT2D eigenvalue weighted by molar-refractivity contribution is 0.799. The first-order valence-corrected chi connectivity index (χ1v) is 6.03. The molecule has 0 atom stereocenters. The number of H-pyrrole nitrogens is 1. The number of hydrogen-bond acceptors (Lipinski definition) is 3. The maximum absolute atomic E-state index is 4.58. The second-order valence-electron chi connectivity index (χ2n) is 4.51. The van der Waals surface area contributed by atoms with Crippen molar-refractivity contribution < 1.29 is 0 Å². The molecule has 4 rings (SSSR count). The van der Waals surface area contributed by atoms with Gasteiger partial charge in [0.15, 0.2) is 5.65 Å². The van der Waals surface area contributed by atoms with Crippen molar-refractivity contribution in [3.63, 3.8) is 0 Å². The lowest BCUT2D eigenvalue weighted by Crippen LogP contribution is -1.89. The summed E-state index contributed by atoms with van der Waals surface area (Å²) in [5.41, 5.74) is 3.80. The summed E-state index contributed by atoms with van der Waals surface area (Å²) in [6.45, 7) is 0. The van der Waals surface area contributed by atoms with E-state index < -0.39 is 0 Å². The molecule has 0 aliphatic heterocycles. The summed E-state index contributed by atoms with van der Waals surface area (Å²) in [6, 6.07) is 5.98. The summed E-state index contributed by atoms with van der Waals surface area (Å²) < 4.78 is 1.98. The van der Waals surface area contributed by atoms with Crippen LogP contribution in [0.4, 0.5) is 0 Å². The van der Waals surface area contributed by atoms with E-state index in [0.717, 1.165) is 33.2 Å². The molecule has 0 saturated heterocycles. The second kappa shape index (κ2) is 3.65. The van der Waals surface area contributed by atoms with Gasteiger partial charge >= 0.3 is 0 Å². The van der Waals surface area contributed by atoms with Crippen molar-refractivity contribution in [2.45, 2.75) is 0 Å². The van der Waals surface area contributed by atoms with E-state index in [1.165, 1.54) is 0 Å². The molecule has 4 aromatic rings. The van der Waals surface area contributed by atoms with Crippen molar-refractivity contribution in [2.24, 2.45) is 7.05 Å². The van der Waals surface area contributed by atoms with Crippen molar-refractivity contribution in [2.75, 3.05) is 0 Å². The number of nitrogens with zero attached hydrogens (tertiary/aromatic N) is 4. The fourth-order valence-electron chi connectivity index (χ4n) is 2.40. The van der Waals surface area contributed by atoms with Gasteiger partial charge in [0.05, 0.1) is 11.2 Å². The molecule has 1 N–H and O–H groups in total. The predicted molar refractivity (Wildman–Crippen MR) is 73.6 cm³/mol.